The minimum atomic E-state index is -0.365. The fourth-order valence-corrected chi connectivity index (χ4v) is 2.58. The lowest BCUT2D eigenvalue weighted by Crippen LogP contribution is -2.17. The van der Waals surface area contributed by atoms with Crippen molar-refractivity contribution < 1.29 is 19.1 Å². The van der Waals surface area contributed by atoms with Gasteiger partial charge in [0.25, 0.3) is 11.1 Å². The van der Waals surface area contributed by atoms with Crippen LogP contribution in [0.1, 0.15) is 32.3 Å². The van der Waals surface area contributed by atoms with E-state index in [0.29, 0.717) is 29.6 Å². The largest absolute Gasteiger partial charge is 0.490 e. The average Bonchev–Trinajstić information content (AvgIpc) is 2.79. The van der Waals surface area contributed by atoms with Gasteiger partial charge in [-0.3, -0.25) is 14.9 Å². The second kappa shape index (κ2) is 7.89. The molecule has 0 radical (unpaired) electrons. The van der Waals surface area contributed by atoms with Crippen LogP contribution in [0.15, 0.2) is 23.1 Å². The zero-order valence-corrected chi connectivity index (χ0v) is 13.5. The standard InChI is InChI=1S/C16H19NO4S/c1-3-5-8-21-12-7-6-11(9-13(12)20-4-2)10-14-15(18)17-16(19)22-14/h6-7,9-10H,3-5,8H2,1-2H3,(H,17,18,19)/b14-10-. The summed E-state index contributed by atoms with van der Waals surface area (Å²) in [6.07, 6.45) is 3.72. The molecule has 1 aromatic rings. The quantitative estimate of drug-likeness (QED) is 0.614. The van der Waals surface area contributed by atoms with Crippen LogP contribution in [0.4, 0.5) is 4.79 Å². The van der Waals surface area contributed by atoms with Gasteiger partial charge in [0.2, 0.25) is 0 Å². The number of rotatable bonds is 7. The topological polar surface area (TPSA) is 64.6 Å². The van der Waals surface area contributed by atoms with Crippen LogP contribution in [0.25, 0.3) is 6.08 Å². The molecule has 1 fully saturated rings. The van der Waals surface area contributed by atoms with E-state index < -0.39 is 0 Å². The fourth-order valence-electron chi connectivity index (χ4n) is 1.90. The van der Waals surface area contributed by atoms with Gasteiger partial charge in [0.15, 0.2) is 11.5 Å². The average molecular weight is 321 g/mol. The van der Waals surface area contributed by atoms with Crippen molar-refractivity contribution in [2.45, 2.75) is 26.7 Å². The number of nitrogens with one attached hydrogen (secondary N) is 1. The summed E-state index contributed by atoms with van der Waals surface area (Å²) in [6.45, 7) is 5.18. The van der Waals surface area contributed by atoms with E-state index in [9.17, 15) is 9.59 Å². The molecule has 1 saturated heterocycles. The van der Waals surface area contributed by atoms with Crippen molar-refractivity contribution in [3.05, 3.63) is 28.7 Å². The molecule has 0 atom stereocenters. The Hall–Kier alpha value is -1.95. The predicted molar refractivity (Wildman–Crippen MR) is 87.1 cm³/mol. The smallest absolute Gasteiger partial charge is 0.290 e. The molecule has 0 unspecified atom stereocenters. The van der Waals surface area contributed by atoms with Crippen LogP contribution in [-0.2, 0) is 4.79 Å². The van der Waals surface area contributed by atoms with Crippen LogP contribution in [0.2, 0.25) is 0 Å². The molecular weight excluding hydrogens is 302 g/mol. The van der Waals surface area contributed by atoms with Crippen molar-refractivity contribution in [2.75, 3.05) is 13.2 Å². The van der Waals surface area contributed by atoms with E-state index in [1.54, 1.807) is 6.08 Å². The second-order valence-corrected chi connectivity index (χ2v) is 5.71. The Morgan fingerprint density at radius 1 is 1.18 bits per heavy atom. The summed E-state index contributed by atoms with van der Waals surface area (Å²) in [5.41, 5.74) is 0.790. The van der Waals surface area contributed by atoms with Crippen LogP contribution in [-0.4, -0.2) is 24.4 Å². The lowest BCUT2D eigenvalue weighted by Gasteiger charge is -2.12. The Kier molecular flexibility index (Phi) is 5.89. The summed E-state index contributed by atoms with van der Waals surface area (Å²) >= 11 is 0.898. The van der Waals surface area contributed by atoms with Gasteiger partial charge >= 0.3 is 0 Å². The van der Waals surface area contributed by atoms with Gasteiger partial charge in [-0.05, 0) is 48.9 Å². The van der Waals surface area contributed by atoms with Crippen LogP contribution >= 0.6 is 11.8 Å². The number of hydrogen-bond acceptors (Lipinski definition) is 5. The Morgan fingerprint density at radius 3 is 2.64 bits per heavy atom. The Balaban J connectivity index is 2.19. The first-order valence-electron chi connectivity index (χ1n) is 7.28. The molecule has 1 heterocycles. The van der Waals surface area contributed by atoms with E-state index in [-0.39, 0.29) is 11.1 Å². The molecule has 5 nitrogen and oxygen atoms in total. The van der Waals surface area contributed by atoms with E-state index in [0.717, 1.165) is 30.2 Å². The molecule has 1 N–H and O–H groups in total. The fraction of sp³-hybridized carbons (Fsp3) is 0.375. The molecule has 1 aliphatic heterocycles. The van der Waals surface area contributed by atoms with E-state index >= 15 is 0 Å². The molecular formula is C16H19NO4S. The summed E-state index contributed by atoms with van der Waals surface area (Å²) < 4.78 is 11.3. The molecule has 118 valence electrons. The van der Waals surface area contributed by atoms with Crippen molar-refractivity contribution >= 4 is 29.0 Å². The number of amides is 2. The Bertz CT molecular complexity index is 598. The van der Waals surface area contributed by atoms with E-state index in [2.05, 4.69) is 12.2 Å². The zero-order valence-electron chi connectivity index (χ0n) is 12.7. The molecule has 0 aliphatic carbocycles. The molecule has 0 saturated carbocycles. The first kappa shape index (κ1) is 16.4. The number of carbonyl (C=O) groups excluding carboxylic acids is 2. The van der Waals surface area contributed by atoms with Gasteiger partial charge in [0, 0.05) is 0 Å². The summed E-state index contributed by atoms with van der Waals surface area (Å²) in [5, 5.41) is 1.89. The number of thioether (sulfide) groups is 1. The maximum Gasteiger partial charge on any atom is 0.290 e. The highest BCUT2D eigenvalue weighted by Crippen LogP contribution is 2.31. The van der Waals surface area contributed by atoms with Crippen molar-refractivity contribution in [1.82, 2.24) is 5.32 Å². The van der Waals surface area contributed by atoms with Gasteiger partial charge in [-0.15, -0.1) is 0 Å². The third-order valence-electron chi connectivity index (χ3n) is 2.96. The predicted octanol–water partition coefficient (Wildman–Crippen LogP) is 3.59. The number of carbonyl (C=O) groups is 2. The second-order valence-electron chi connectivity index (χ2n) is 4.69. The van der Waals surface area contributed by atoms with Crippen molar-refractivity contribution in [2.24, 2.45) is 0 Å². The van der Waals surface area contributed by atoms with E-state index in [1.165, 1.54) is 0 Å². The van der Waals surface area contributed by atoms with Gasteiger partial charge < -0.3 is 9.47 Å². The monoisotopic (exact) mass is 321 g/mol. The summed E-state index contributed by atoms with van der Waals surface area (Å²) in [6, 6.07) is 5.48. The van der Waals surface area contributed by atoms with Crippen molar-refractivity contribution in [3.63, 3.8) is 0 Å². The highest BCUT2D eigenvalue weighted by Gasteiger charge is 2.25. The minimum Gasteiger partial charge on any atom is -0.490 e. The lowest BCUT2D eigenvalue weighted by molar-refractivity contribution is -0.115. The Morgan fingerprint density at radius 2 is 2.00 bits per heavy atom. The number of imide groups is 1. The molecule has 22 heavy (non-hydrogen) atoms. The molecule has 1 aliphatic rings. The number of hydrogen-bond donors (Lipinski definition) is 1. The van der Waals surface area contributed by atoms with Crippen molar-refractivity contribution in [1.29, 1.82) is 0 Å². The maximum atomic E-state index is 11.6. The molecule has 6 heteroatoms. The maximum absolute atomic E-state index is 11.6. The van der Waals surface area contributed by atoms with Crippen molar-refractivity contribution in [3.8, 4) is 11.5 Å². The van der Waals surface area contributed by atoms with E-state index in [4.69, 9.17) is 9.47 Å². The number of benzene rings is 1. The third kappa shape index (κ3) is 4.27. The van der Waals surface area contributed by atoms with Gasteiger partial charge in [0.05, 0.1) is 18.1 Å². The highest BCUT2D eigenvalue weighted by molar-refractivity contribution is 8.18. The van der Waals surface area contributed by atoms with Gasteiger partial charge in [0.1, 0.15) is 0 Å². The molecule has 1 aromatic carbocycles. The minimum absolute atomic E-state index is 0.346. The normalized spacial score (nSPS) is 16.0. The first-order chi connectivity index (χ1) is 10.6. The molecule has 0 spiro atoms. The summed E-state index contributed by atoms with van der Waals surface area (Å²) in [7, 11) is 0. The van der Waals surface area contributed by atoms with Crippen LogP contribution < -0.4 is 14.8 Å². The third-order valence-corrected chi connectivity index (χ3v) is 3.77. The Labute approximate surface area is 134 Å². The van der Waals surface area contributed by atoms with Gasteiger partial charge in [-0.1, -0.05) is 19.4 Å². The SMILES string of the molecule is CCCCOc1ccc(/C=C2\SC(=O)NC2=O)cc1OCC. The molecule has 2 amide bonds. The van der Waals surface area contributed by atoms with E-state index in [1.807, 2.05) is 25.1 Å². The number of ether oxygens (including phenoxy) is 2. The van der Waals surface area contributed by atoms with Crippen LogP contribution in [0, 0.1) is 0 Å². The van der Waals surface area contributed by atoms with Crippen LogP contribution in [0.3, 0.4) is 0 Å². The number of unbranched alkanes of at least 4 members (excludes halogenated alkanes) is 1. The first-order valence-corrected chi connectivity index (χ1v) is 8.10. The molecule has 0 aromatic heterocycles. The lowest BCUT2D eigenvalue weighted by atomic mass is 10.2. The highest BCUT2D eigenvalue weighted by atomic mass is 32.2. The summed E-state index contributed by atoms with van der Waals surface area (Å²) in [5.74, 6) is 0.968. The van der Waals surface area contributed by atoms with Crippen LogP contribution in [0.5, 0.6) is 11.5 Å². The summed E-state index contributed by atoms with van der Waals surface area (Å²) in [4.78, 5) is 23.1. The van der Waals surface area contributed by atoms with Gasteiger partial charge in [-0.2, -0.15) is 0 Å². The molecule has 2 rings (SSSR count). The zero-order chi connectivity index (χ0) is 15.9. The van der Waals surface area contributed by atoms with Gasteiger partial charge in [-0.25, -0.2) is 0 Å². The molecule has 0 bridgehead atoms.